The second kappa shape index (κ2) is 5.89. The van der Waals surface area contributed by atoms with E-state index in [2.05, 4.69) is 10.5 Å². The largest absolute Gasteiger partial charge is 0.493 e. The van der Waals surface area contributed by atoms with Crippen molar-refractivity contribution in [3.05, 3.63) is 29.2 Å². The van der Waals surface area contributed by atoms with Crippen molar-refractivity contribution in [2.75, 3.05) is 18.1 Å². The standard InChI is InChI=1S/C14H15N3O4S2/c18-13-12(16-19)10-3-1-2-4-11(10)17(13)14(22)15-7-9-5-6-23(20,21)8-9/h1-4,9,18H,5-8H2,(H,15,22). The third-order valence-corrected chi connectivity index (χ3v) is 6.15. The molecule has 1 aromatic heterocycles. The minimum Gasteiger partial charge on any atom is -0.493 e. The molecule has 0 aliphatic carbocycles. The van der Waals surface area contributed by atoms with Crippen LogP contribution in [-0.2, 0) is 9.84 Å². The zero-order valence-electron chi connectivity index (χ0n) is 12.1. The van der Waals surface area contributed by atoms with Gasteiger partial charge in [0.2, 0.25) is 5.88 Å². The number of hydrogen-bond donors (Lipinski definition) is 2. The number of hydrogen-bond acceptors (Lipinski definition) is 6. The summed E-state index contributed by atoms with van der Waals surface area (Å²) in [7, 11) is -2.95. The van der Waals surface area contributed by atoms with Crippen LogP contribution < -0.4 is 5.32 Å². The molecule has 23 heavy (non-hydrogen) atoms. The number of fused-ring (bicyclic) bond motifs is 1. The highest BCUT2D eigenvalue weighted by Crippen LogP contribution is 2.38. The maximum absolute atomic E-state index is 11.5. The molecule has 7 nitrogen and oxygen atoms in total. The number of aromatic nitrogens is 1. The number of nitroso groups, excluding NO2 is 1. The van der Waals surface area contributed by atoms with E-state index in [9.17, 15) is 18.4 Å². The Kier molecular flexibility index (Phi) is 4.07. The molecule has 1 unspecified atom stereocenters. The van der Waals surface area contributed by atoms with Crippen LogP contribution in [0.1, 0.15) is 6.42 Å². The average Bonchev–Trinajstić information content (AvgIpc) is 3.00. The smallest absolute Gasteiger partial charge is 0.229 e. The van der Waals surface area contributed by atoms with Gasteiger partial charge in [-0.05, 0) is 35.8 Å². The predicted octanol–water partition coefficient (Wildman–Crippen LogP) is 1.90. The average molecular weight is 353 g/mol. The molecule has 0 amide bonds. The Bertz CT molecular complexity index is 889. The summed E-state index contributed by atoms with van der Waals surface area (Å²) in [6.45, 7) is 0.397. The summed E-state index contributed by atoms with van der Waals surface area (Å²) in [5.74, 6) is 0.00823. The molecule has 1 aliphatic heterocycles. The van der Waals surface area contributed by atoms with E-state index >= 15 is 0 Å². The Hall–Kier alpha value is -2.00. The number of nitrogens with zero attached hydrogens (tertiary/aromatic N) is 2. The van der Waals surface area contributed by atoms with Crippen molar-refractivity contribution in [2.24, 2.45) is 11.1 Å². The molecule has 0 radical (unpaired) electrons. The molecular weight excluding hydrogens is 338 g/mol. The van der Waals surface area contributed by atoms with Gasteiger partial charge >= 0.3 is 0 Å². The summed E-state index contributed by atoms with van der Waals surface area (Å²) < 4.78 is 24.3. The van der Waals surface area contributed by atoms with E-state index < -0.39 is 9.84 Å². The molecule has 3 rings (SSSR count). The zero-order chi connectivity index (χ0) is 16.6. The summed E-state index contributed by atoms with van der Waals surface area (Å²) in [4.78, 5) is 11.0. The van der Waals surface area contributed by atoms with Crippen LogP contribution in [0.15, 0.2) is 29.4 Å². The van der Waals surface area contributed by atoms with E-state index in [4.69, 9.17) is 12.2 Å². The highest BCUT2D eigenvalue weighted by molar-refractivity contribution is 7.91. The molecule has 0 bridgehead atoms. The molecule has 2 heterocycles. The lowest BCUT2D eigenvalue weighted by Crippen LogP contribution is -2.32. The van der Waals surface area contributed by atoms with Crippen LogP contribution in [0.4, 0.5) is 5.69 Å². The van der Waals surface area contributed by atoms with Gasteiger partial charge in [0.15, 0.2) is 20.6 Å². The van der Waals surface area contributed by atoms with Gasteiger partial charge in [0.05, 0.1) is 17.0 Å². The minimum absolute atomic E-state index is 0.00872. The monoisotopic (exact) mass is 353 g/mol. The lowest BCUT2D eigenvalue weighted by atomic mass is 10.1. The molecule has 1 atom stereocenters. The van der Waals surface area contributed by atoms with Gasteiger partial charge in [-0.3, -0.25) is 4.57 Å². The van der Waals surface area contributed by atoms with Crippen molar-refractivity contribution < 1.29 is 13.5 Å². The van der Waals surface area contributed by atoms with E-state index in [-0.39, 0.29) is 34.1 Å². The number of sulfone groups is 1. The van der Waals surface area contributed by atoms with Crippen LogP contribution in [0.5, 0.6) is 5.88 Å². The lowest BCUT2D eigenvalue weighted by molar-refractivity contribution is 0.449. The van der Waals surface area contributed by atoms with Gasteiger partial charge in [0.1, 0.15) is 0 Å². The van der Waals surface area contributed by atoms with Crippen molar-refractivity contribution in [3.8, 4) is 5.88 Å². The van der Waals surface area contributed by atoms with E-state index in [0.29, 0.717) is 23.9 Å². The molecule has 122 valence electrons. The summed E-state index contributed by atoms with van der Waals surface area (Å²) in [5.41, 5.74) is 0.504. The molecule has 1 saturated heterocycles. The lowest BCUT2D eigenvalue weighted by Gasteiger charge is -2.14. The van der Waals surface area contributed by atoms with Crippen LogP contribution in [0.3, 0.4) is 0 Å². The van der Waals surface area contributed by atoms with Crippen molar-refractivity contribution in [1.82, 2.24) is 9.88 Å². The third-order valence-electron chi connectivity index (χ3n) is 3.99. The second-order valence-electron chi connectivity index (χ2n) is 5.57. The fourth-order valence-corrected chi connectivity index (χ4v) is 4.98. The summed E-state index contributed by atoms with van der Waals surface area (Å²) in [6.07, 6.45) is 0.595. The van der Waals surface area contributed by atoms with Gasteiger partial charge < -0.3 is 10.4 Å². The fraction of sp³-hybridized carbons (Fsp3) is 0.357. The quantitative estimate of drug-likeness (QED) is 0.646. The first-order valence-corrected chi connectivity index (χ1v) is 9.30. The molecule has 9 heteroatoms. The Balaban J connectivity index is 1.84. The Labute approximate surface area is 138 Å². The van der Waals surface area contributed by atoms with E-state index in [0.717, 1.165) is 0 Å². The molecule has 0 saturated carbocycles. The van der Waals surface area contributed by atoms with Crippen LogP contribution in [-0.4, -0.2) is 41.3 Å². The first-order chi connectivity index (χ1) is 10.9. The van der Waals surface area contributed by atoms with Gasteiger partial charge in [0, 0.05) is 11.9 Å². The Morgan fingerprint density at radius 1 is 1.43 bits per heavy atom. The van der Waals surface area contributed by atoms with Crippen molar-refractivity contribution >= 4 is 43.8 Å². The first-order valence-electron chi connectivity index (χ1n) is 7.07. The van der Waals surface area contributed by atoms with Gasteiger partial charge in [0.25, 0.3) is 0 Å². The highest BCUT2D eigenvalue weighted by Gasteiger charge is 2.28. The molecule has 1 fully saturated rings. The van der Waals surface area contributed by atoms with Crippen LogP contribution in [0.2, 0.25) is 0 Å². The van der Waals surface area contributed by atoms with Crippen LogP contribution in [0.25, 0.3) is 10.9 Å². The topological polar surface area (TPSA) is 101 Å². The number of benzene rings is 1. The van der Waals surface area contributed by atoms with Gasteiger partial charge in [-0.15, -0.1) is 4.91 Å². The van der Waals surface area contributed by atoms with E-state index in [1.807, 2.05) is 0 Å². The fourth-order valence-electron chi connectivity index (χ4n) is 2.85. The molecule has 2 N–H and O–H groups in total. The van der Waals surface area contributed by atoms with Crippen molar-refractivity contribution in [3.63, 3.8) is 0 Å². The summed E-state index contributed by atoms with van der Waals surface area (Å²) >= 11 is 5.29. The molecule has 1 aromatic carbocycles. The zero-order valence-corrected chi connectivity index (χ0v) is 13.7. The molecule has 2 aromatic rings. The molecular formula is C14H15N3O4S2. The number of aromatic hydroxyl groups is 1. The predicted molar refractivity (Wildman–Crippen MR) is 91.8 cm³/mol. The van der Waals surface area contributed by atoms with Crippen molar-refractivity contribution in [1.29, 1.82) is 0 Å². The number of para-hydroxylation sites is 1. The first kappa shape index (κ1) is 15.9. The van der Waals surface area contributed by atoms with Gasteiger partial charge in [-0.25, -0.2) is 8.42 Å². The Morgan fingerprint density at radius 3 is 2.83 bits per heavy atom. The third kappa shape index (κ3) is 2.93. The Morgan fingerprint density at radius 2 is 2.17 bits per heavy atom. The molecule has 0 spiro atoms. The van der Waals surface area contributed by atoms with Crippen LogP contribution in [0, 0.1) is 10.8 Å². The van der Waals surface area contributed by atoms with Gasteiger partial charge in [-0.2, -0.15) is 0 Å². The van der Waals surface area contributed by atoms with E-state index in [1.165, 1.54) is 4.57 Å². The second-order valence-corrected chi connectivity index (χ2v) is 8.19. The minimum atomic E-state index is -2.95. The van der Waals surface area contributed by atoms with Crippen LogP contribution >= 0.6 is 12.2 Å². The maximum atomic E-state index is 11.5. The van der Waals surface area contributed by atoms with Crippen molar-refractivity contribution in [2.45, 2.75) is 6.42 Å². The van der Waals surface area contributed by atoms with E-state index in [1.54, 1.807) is 24.3 Å². The number of thiocarbonyl (C=S) groups is 1. The number of nitrogens with one attached hydrogen (secondary N) is 1. The molecule has 1 aliphatic rings. The summed E-state index contributed by atoms with van der Waals surface area (Å²) in [6, 6.07) is 6.89. The SMILES string of the molecule is O=Nc1c(O)n(C(=S)NCC2CCS(=O)(=O)C2)c2ccccc12. The summed E-state index contributed by atoms with van der Waals surface area (Å²) in [5, 5.41) is 16.8. The normalized spacial score (nSPS) is 19.7. The number of rotatable bonds is 3. The maximum Gasteiger partial charge on any atom is 0.229 e. The van der Waals surface area contributed by atoms with Gasteiger partial charge in [-0.1, -0.05) is 18.2 Å². The highest BCUT2D eigenvalue weighted by atomic mass is 32.2.